The summed E-state index contributed by atoms with van der Waals surface area (Å²) in [6.07, 6.45) is -2.54. The van der Waals surface area contributed by atoms with E-state index in [0.717, 1.165) is 0 Å². The summed E-state index contributed by atoms with van der Waals surface area (Å²) in [7, 11) is 0. The van der Waals surface area contributed by atoms with Crippen LogP contribution in [-0.2, 0) is 0 Å². The lowest BCUT2D eigenvalue weighted by atomic mass is 10.0. The molecule has 0 aliphatic carbocycles. The van der Waals surface area contributed by atoms with Crippen LogP contribution in [0.1, 0.15) is 31.0 Å². The molecule has 2 nitrogen and oxygen atoms in total. The zero-order chi connectivity index (χ0) is 13.7. The highest BCUT2D eigenvalue weighted by molar-refractivity contribution is 5.40. The molecule has 1 unspecified atom stereocenters. The predicted octanol–water partition coefficient (Wildman–Crippen LogP) is 3.45. The average molecular weight is 261 g/mol. The van der Waals surface area contributed by atoms with Crippen molar-refractivity contribution in [2.75, 3.05) is 13.2 Å². The first-order chi connectivity index (χ1) is 8.45. The Labute approximate surface area is 105 Å². The third-order valence-electron chi connectivity index (χ3n) is 2.63. The molecule has 0 fully saturated rings. The summed E-state index contributed by atoms with van der Waals surface area (Å²) in [5.41, 5.74) is 0.937. The number of nitrogens with one attached hydrogen (secondary N) is 1. The number of rotatable bonds is 6. The van der Waals surface area contributed by atoms with E-state index in [1.165, 1.54) is 12.1 Å². The summed E-state index contributed by atoms with van der Waals surface area (Å²) < 4.78 is 42.9. The minimum Gasteiger partial charge on any atom is -0.487 e. The van der Waals surface area contributed by atoms with Gasteiger partial charge < -0.3 is 10.1 Å². The summed E-state index contributed by atoms with van der Waals surface area (Å²) in [6.45, 7) is 5.34. The van der Waals surface area contributed by atoms with Gasteiger partial charge in [-0.25, -0.2) is 13.2 Å². The molecule has 0 saturated carbocycles. The molecule has 0 radical (unpaired) electrons. The molecule has 1 rings (SSSR count). The largest absolute Gasteiger partial charge is 0.487 e. The normalized spacial score (nSPS) is 12.8. The highest BCUT2D eigenvalue weighted by Crippen LogP contribution is 2.28. The average Bonchev–Trinajstić information content (AvgIpc) is 2.30. The maximum atomic E-state index is 13.5. The first-order valence-corrected chi connectivity index (χ1v) is 5.90. The van der Waals surface area contributed by atoms with E-state index >= 15 is 0 Å². The molecule has 0 aliphatic heterocycles. The highest BCUT2D eigenvalue weighted by atomic mass is 19.3. The fourth-order valence-corrected chi connectivity index (χ4v) is 1.70. The van der Waals surface area contributed by atoms with Crippen LogP contribution < -0.4 is 10.1 Å². The van der Waals surface area contributed by atoms with Crippen LogP contribution in [-0.4, -0.2) is 19.6 Å². The van der Waals surface area contributed by atoms with Gasteiger partial charge in [-0.2, -0.15) is 0 Å². The molecule has 1 aromatic carbocycles. The van der Waals surface area contributed by atoms with Gasteiger partial charge in [0, 0.05) is 11.6 Å². The lowest BCUT2D eigenvalue weighted by Gasteiger charge is -2.18. The van der Waals surface area contributed by atoms with Crippen molar-refractivity contribution in [3.05, 3.63) is 29.1 Å². The van der Waals surface area contributed by atoms with Crippen LogP contribution in [0.25, 0.3) is 0 Å². The Morgan fingerprint density at radius 1 is 1.33 bits per heavy atom. The van der Waals surface area contributed by atoms with Crippen LogP contribution in [0.15, 0.2) is 12.1 Å². The van der Waals surface area contributed by atoms with Crippen molar-refractivity contribution in [2.24, 2.45) is 0 Å². The van der Waals surface area contributed by atoms with Gasteiger partial charge in [-0.3, -0.25) is 0 Å². The number of hydrogen-bond acceptors (Lipinski definition) is 2. The predicted molar refractivity (Wildman–Crippen MR) is 64.7 cm³/mol. The molecule has 0 amide bonds. The fraction of sp³-hybridized carbons (Fsp3) is 0.538. The third-order valence-corrected chi connectivity index (χ3v) is 2.63. The Morgan fingerprint density at radius 3 is 2.56 bits per heavy atom. The molecule has 1 aromatic rings. The summed E-state index contributed by atoms with van der Waals surface area (Å²) in [6, 6.07) is 2.64. The van der Waals surface area contributed by atoms with Gasteiger partial charge in [0.2, 0.25) is 0 Å². The number of halogens is 3. The van der Waals surface area contributed by atoms with Gasteiger partial charge in [-0.1, -0.05) is 6.92 Å². The Bertz CT molecular complexity index is 396. The van der Waals surface area contributed by atoms with Gasteiger partial charge in [0.05, 0.1) is 0 Å². The molecule has 0 bridgehead atoms. The lowest BCUT2D eigenvalue weighted by Crippen LogP contribution is -2.19. The second kappa shape index (κ2) is 6.64. The van der Waals surface area contributed by atoms with E-state index < -0.39 is 13.0 Å². The molecule has 0 aliphatic rings. The molecule has 102 valence electrons. The zero-order valence-electron chi connectivity index (χ0n) is 10.8. The topological polar surface area (TPSA) is 21.3 Å². The number of aryl methyl sites for hydroxylation is 1. The quantitative estimate of drug-likeness (QED) is 0.847. The van der Waals surface area contributed by atoms with Crippen LogP contribution in [0.5, 0.6) is 5.75 Å². The molecule has 0 aromatic heterocycles. The monoisotopic (exact) mass is 261 g/mol. The summed E-state index contributed by atoms with van der Waals surface area (Å²) in [4.78, 5) is 0. The maximum absolute atomic E-state index is 13.5. The van der Waals surface area contributed by atoms with Gasteiger partial charge in [0.1, 0.15) is 18.2 Å². The minimum absolute atomic E-state index is 0.155. The maximum Gasteiger partial charge on any atom is 0.272 e. The number of benzene rings is 1. The van der Waals surface area contributed by atoms with Crippen LogP contribution in [0.3, 0.4) is 0 Å². The molecular weight excluding hydrogens is 243 g/mol. The number of ether oxygens (including phenoxy) is 1. The van der Waals surface area contributed by atoms with Gasteiger partial charge in [0.15, 0.2) is 0 Å². The van der Waals surface area contributed by atoms with E-state index in [1.54, 1.807) is 6.92 Å². The second-order valence-corrected chi connectivity index (χ2v) is 4.12. The third kappa shape index (κ3) is 3.91. The molecule has 0 saturated heterocycles. The van der Waals surface area contributed by atoms with Gasteiger partial charge >= 0.3 is 0 Å². The SMILES string of the molecule is CCNC(C)c1cc(F)c(C)cc1OCC(F)F. The van der Waals surface area contributed by atoms with Crippen molar-refractivity contribution < 1.29 is 17.9 Å². The molecular formula is C13H18F3NO. The number of alkyl halides is 2. The standard InChI is InChI=1S/C13H18F3NO/c1-4-17-9(3)10-6-11(14)8(2)5-12(10)18-7-13(15)16/h5-6,9,13,17H,4,7H2,1-3H3. The van der Waals surface area contributed by atoms with Crippen molar-refractivity contribution >= 4 is 0 Å². The molecule has 1 atom stereocenters. The van der Waals surface area contributed by atoms with E-state index in [4.69, 9.17) is 4.74 Å². The first-order valence-electron chi connectivity index (χ1n) is 5.90. The second-order valence-electron chi connectivity index (χ2n) is 4.12. The molecule has 1 N–H and O–H groups in total. The van der Waals surface area contributed by atoms with Gasteiger partial charge in [-0.15, -0.1) is 0 Å². The van der Waals surface area contributed by atoms with Crippen molar-refractivity contribution in [2.45, 2.75) is 33.2 Å². The molecule has 0 spiro atoms. The van der Waals surface area contributed by atoms with Crippen molar-refractivity contribution in [1.29, 1.82) is 0 Å². The van der Waals surface area contributed by atoms with E-state index in [2.05, 4.69) is 5.32 Å². The van der Waals surface area contributed by atoms with Crippen LogP contribution in [0.4, 0.5) is 13.2 Å². The van der Waals surface area contributed by atoms with E-state index in [1.807, 2.05) is 13.8 Å². The highest BCUT2D eigenvalue weighted by Gasteiger charge is 2.15. The first kappa shape index (κ1) is 14.8. The van der Waals surface area contributed by atoms with E-state index in [0.29, 0.717) is 23.4 Å². The fourth-order valence-electron chi connectivity index (χ4n) is 1.70. The summed E-state index contributed by atoms with van der Waals surface area (Å²) >= 11 is 0. The van der Waals surface area contributed by atoms with E-state index in [9.17, 15) is 13.2 Å². The Morgan fingerprint density at radius 2 is 2.00 bits per heavy atom. The van der Waals surface area contributed by atoms with Gasteiger partial charge in [-0.05, 0) is 38.1 Å². The summed E-state index contributed by atoms with van der Waals surface area (Å²) in [5.74, 6) is -0.0539. The lowest BCUT2D eigenvalue weighted by molar-refractivity contribution is 0.0811. The molecule has 0 heterocycles. The van der Waals surface area contributed by atoms with Crippen LogP contribution in [0, 0.1) is 12.7 Å². The van der Waals surface area contributed by atoms with E-state index in [-0.39, 0.29) is 11.9 Å². The summed E-state index contributed by atoms with van der Waals surface area (Å²) in [5, 5.41) is 3.10. The van der Waals surface area contributed by atoms with Crippen molar-refractivity contribution in [1.82, 2.24) is 5.32 Å². The molecule has 18 heavy (non-hydrogen) atoms. The Balaban J connectivity index is 3.00. The van der Waals surface area contributed by atoms with Crippen LogP contribution in [0.2, 0.25) is 0 Å². The van der Waals surface area contributed by atoms with Gasteiger partial charge in [0.25, 0.3) is 6.43 Å². The smallest absolute Gasteiger partial charge is 0.272 e. The Hall–Kier alpha value is -1.23. The molecule has 5 heteroatoms. The number of hydrogen-bond donors (Lipinski definition) is 1. The minimum atomic E-state index is -2.54. The Kier molecular flexibility index (Phi) is 5.47. The van der Waals surface area contributed by atoms with Crippen molar-refractivity contribution in [3.8, 4) is 5.75 Å². The van der Waals surface area contributed by atoms with Crippen LogP contribution >= 0.6 is 0 Å². The zero-order valence-corrected chi connectivity index (χ0v) is 10.8. The van der Waals surface area contributed by atoms with Crippen molar-refractivity contribution in [3.63, 3.8) is 0 Å².